The van der Waals surface area contributed by atoms with Crippen LogP contribution in [0.3, 0.4) is 0 Å². The number of aliphatic hydroxyl groups is 1. The van der Waals surface area contributed by atoms with Gasteiger partial charge in [0.25, 0.3) is 5.56 Å². The maximum Gasteiger partial charge on any atom is 0.255 e. The molecule has 0 saturated heterocycles. The lowest BCUT2D eigenvalue weighted by atomic mass is 10.1. The number of hydrogen-bond donors (Lipinski definition) is 1. The molecular weight excluding hydrogens is 360 g/mol. The molecule has 1 aromatic heterocycles. The Hall–Kier alpha value is -2.14. The third-order valence-corrected chi connectivity index (χ3v) is 5.24. The summed E-state index contributed by atoms with van der Waals surface area (Å²) in [4.78, 5) is 15.3. The van der Waals surface area contributed by atoms with Crippen molar-refractivity contribution < 1.29 is 5.11 Å². The van der Waals surface area contributed by atoms with Gasteiger partial charge in [-0.15, -0.1) is 0 Å². The normalized spacial score (nSPS) is 11.4. The smallest absolute Gasteiger partial charge is 0.255 e. The fraction of sp³-hybridized carbons (Fsp3) is 0.318. The van der Waals surface area contributed by atoms with Crippen LogP contribution in [0.15, 0.2) is 53.3 Å². The van der Waals surface area contributed by atoms with Crippen molar-refractivity contribution >= 4 is 22.5 Å². The number of benzene rings is 2. The molecule has 4 nitrogen and oxygen atoms in total. The fourth-order valence-corrected chi connectivity index (χ4v) is 3.56. The number of nitrogens with zero attached hydrogens (tertiary/aromatic N) is 2. The zero-order valence-electron chi connectivity index (χ0n) is 15.8. The first-order chi connectivity index (χ1) is 13.0. The third kappa shape index (κ3) is 4.41. The predicted molar refractivity (Wildman–Crippen MR) is 112 cm³/mol. The Labute approximate surface area is 164 Å². The van der Waals surface area contributed by atoms with Gasteiger partial charge in [0.2, 0.25) is 0 Å². The Bertz CT molecular complexity index is 997. The van der Waals surface area contributed by atoms with E-state index in [4.69, 9.17) is 11.6 Å². The van der Waals surface area contributed by atoms with E-state index in [0.717, 1.165) is 34.1 Å². The first-order valence-corrected chi connectivity index (χ1v) is 9.61. The zero-order valence-corrected chi connectivity index (χ0v) is 16.5. The number of rotatable bonds is 7. The summed E-state index contributed by atoms with van der Waals surface area (Å²) < 4.78 is 1.80. The SMILES string of the molecule is CCN(CCO)Cc1cc2cc(C)ccc2n(Cc2ccccc2Cl)c1=O. The Morgan fingerprint density at radius 2 is 1.89 bits per heavy atom. The third-order valence-electron chi connectivity index (χ3n) is 4.87. The lowest BCUT2D eigenvalue weighted by Gasteiger charge is -2.20. The van der Waals surface area contributed by atoms with Crippen LogP contribution in [-0.4, -0.2) is 34.3 Å². The summed E-state index contributed by atoms with van der Waals surface area (Å²) in [5.41, 5.74) is 3.69. The molecule has 0 unspecified atom stereocenters. The van der Waals surface area contributed by atoms with E-state index in [-0.39, 0.29) is 12.2 Å². The number of halogens is 1. The van der Waals surface area contributed by atoms with Crippen LogP contribution in [0.5, 0.6) is 0 Å². The van der Waals surface area contributed by atoms with E-state index in [1.54, 1.807) is 4.57 Å². The van der Waals surface area contributed by atoms with E-state index in [1.165, 1.54) is 0 Å². The molecule has 3 aromatic rings. The first kappa shape index (κ1) is 19.6. The quantitative estimate of drug-likeness (QED) is 0.673. The van der Waals surface area contributed by atoms with Crippen molar-refractivity contribution in [2.45, 2.75) is 26.9 Å². The van der Waals surface area contributed by atoms with Crippen molar-refractivity contribution in [2.24, 2.45) is 0 Å². The molecule has 0 saturated carbocycles. The van der Waals surface area contributed by atoms with Crippen LogP contribution < -0.4 is 5.56 Å². The minimum atomic E-state index is -0.0114. The van der Waals surface area contributed by atoms with Gasteiger partial charge in [-0.1, -0.05) is 48.4 Å². The van der Waals surface area contributed by atoms with Crippen molar-refractivity contribution in [3.8, 4) is 0 Å². The molecule has 0 aliphatic carbocycles. The Kier molecular flexibility index (Phi) is 6.32. The standard InChI is InChI=1S/C22H25ClN2O2/c1-3-24(10-11-26)14-19-13-18-12-16(2)8-9-21(18)25(22(19)27)15-17-6-4-5-7-20(17)23/h4-9,12-13,26H,3,10-11,14-15H2,1-2H3. The second-order valence-corrected chi connectivity index (χ2v) is 7.21. The van der Waals surface area contributed by atoms with Gasteiger partial charge < -0.3 is 9.67 Å². The maximum absolute atomic E-state index is 13.3. The van der Waals surface area contributed by atoms with E-state index in [0.29, 0.717) is 24.7 Å². The molecule has 0 bridgehead atoms. The minimum Gasteiger partial charge on any atom is -0.395 e. The highest BCUT2D eigenvalue weighted by Crippen LogP contribution is 2.21. The summed E-state index contributed by atoms with van der Waals surface area (Å²) in [7, 11) is 0. The van der Waals surface area contributed by atoms with E-state index in [2.05, 4.69) is 11.0 Å². The van der Waals surface area contributed by atoms with Crippen LogP contribution >= 0.6 is 11.6 Å². The molecule has 5 heteroatoms. The molecule has 0 aliphatic heterocycles. The van der Waals surface area contributed by atoms with Gasteiger partial charge in [0.05, 0.1) is 18.7 Å². The Morgan fingerprint density at radius 1 is 1.11 bits per heavy atom. The van der Waals surface area contributed by atoms with Crippen molar-refractivity contribution in [2.75, 3.05) is 19.7 Å². The summed E-state index contributed by atoms with van der Waals surface area (Å²) in [6, 6.07) is 15.7. The lowest BCUT2D eigenvalue weighted by Crippen LogP contribution is -2.32. The number of aliphatic hydroxyl groups excluding tert-OH is 1. The van der Waals surface area contributed by atoms with Gasteiger partial charge in [-0.05, 0) is 48.7 Å². The minimum absolute atomic E-state index is 0.0114. The van der Waals surface area contributed by atoms with Crippen LogP contribution in [0.1, 0.15) is 23.6 Å². The molecule has 0 fully saturated rings. The van der Waals surface area contributed by atoms with Gasteiger partial charge in [0.1, 0.15) is 0 Å². The van der Waals surface area contributed by atoms with Gasteiger partial charge in [0.15, 0.2) is 0 Å². The fourth-order valence-electron chi connectivity index (χ4n) is 3.37. The highest BCUT2D eigenvalue weighted by molar-refractivity contribution is 6.31. The molecule has 0 aliphatic rings. The molecule has 0 spiro atoms. The molecule has 27 heavy (non-hydrogen) atoms. The second-order valence-electron chi connectivity index (χ2n) is 6.81. The second kappa shape index (κ2) is 8.70. The molecule has 1 N–H and O–H groups in total. The number of hydrogen-bond acceptors (Lipinski definition) is 3. The topological polar surface area (TPSA) is 45.5 Å². The maximum atomic E-state index is 13.3. The van der Waals surface area contributed by atoms with Gasteiger partial charge in [0, 0.05) is 23.7 Å². The zero-order chi connectivity index (χ0) is 19.4. The van der Waals surface area contributed by atoms with Crippen LogP contribution in [0.4, 0.5) is 0 Å². The Morgan fingerprint density at radius 3 is 2.59 bits per heavy atom. The highest BCUT2D eigenvalue weighted by Gasteiger charge is 2.13. The van der Waals surface area contributed by atoms with Gasteiger partial charge >= 0.3 is 0 Å². The van der Waals surface area contributed by atoms with Crippen molar-refractivity contribution in [3.05, 3.63) is 80.6 Å². The van der Waals surface area contributed by atoms with Crippen LogP contribution in [-0.2, 0) is 13.1 Å². The number of pyridine rings is 1. The van der Waals surface area contributed by atoms with Crippen molar-refractivity contribution in [1.29, 1.82) is 0 Å². The number of fused-ring (bicyclic) bond motifs is 1. The summed E-state index contributed by atoms with van der Waals surface area (Å²) in [5, 5.41) is 11.0. The molecular formula is C22H25ClN2O2. The van der Waals surface area contributed by atoms with Crippen LogP contribution in [0.2, 0.25) is 5.02 Å². The largest absolute Gasteiger partial charge is 0.395 e. The molecule has 1 heterocycles. The number of likely N-dealkylation sites (N-methyl/N-ethyl adjacent to an activating group) is 1. The Balaban J connectivity index is 2.13. The monoisotopic (exact) mass is 384 g/mol. The summed E-state index contributed by atoms with van der Waals surface area (Å²) in [6.07, 6.45) is 0. The van der Waals surface area contributed by atoms with E-state index >= 15 is 0 Å². The number of aryl methyl sites for hydroxylation is 1. The van der Waals surface area contributed by atoms with Crippen molar-refractivity contribution in [3.63, 3.8) is 0 Å². The summed E-state index contributed by atoms with van der Waals surface area (Å²) >= 11 is 6.34. The summed E-state index contributed by atoms with van der Waals surface area (Å²) in [5.74, 6) is 0. The highest BCUT2D eigenvalue weighted by atomic mass is 35.5. The molecule has 3 rings (SSSR count). The van der Waals surface area contributed by atoms with Gasteiger partial charge in [-0.3, -0.25) is 9.69 Å². The molecule has 0 amide bonds. The first-order valence-electron chi connectivity index (χ1n) is 9.23. The van der Waals surface area contributed by atoms with Crippen molar-refractivity contribution in [1.82, 2.24) is 9.47 Å². The van der Waals surface area contributed by atoms with Gasteiger partial charge in [-0.25, -0.2) is 0 Å². The van der Waals surface area contributed by atoms with Crippen LogP contribution in [0, 0.1) is 6.92 Å². The van der Waals surface area contributed by atoms with E-state index in [1.807, 2.05) is 56.3 Å². The average molecular weight is 385 g/mol. The molecule has 2 aromatic carbocycles. The van der Waals surface area contributed by atoms with E-state index < -0.39 is 0 Å². The number of aromatic nitrogens is 1. The average Bonchev–Trinajstić information content (AvgIpc) is 2.66. The predicted octanol–water partition coefficient (Wildman–Crippen LogP) is 3.83. The summed E-state index contributed by atoms with van der Waals surface area (Å²) in [6.45, 7) is 6.42. The molecule has 142 valence electrons. The molecule has 0 radical (unpaired) electrons. The van der Waals surface area contributed by atoms with E-state index in [9.17, 15) is 9.90 Å². The van der Waals surface area contributed by atoms with Crippen LogP contribution in [0.25, 0.3) is 10.9 Å². The van der Waals surface area contributed by atoms with Gasteiger partial charge in [-0.2, -0.15) is 0 Å². The molecule has 0 atom stereocenters. The lowest BCUT2D eigenvalue weighted by molar-refractivity contribution is 0.196.